The Bertz CT molecular complexity index is 923. The van der Waals surface area contributed by atoms with Crippen LogP contribution in [0.5, 0.6) is 5.75 Å². The maximum Gasteiger partial charge on any atom is 0.397 e. The zero-order valence-corrected chi connectivity index (χ0v) is 17.6. The number of imide groups is 1. The average Bonchev–Trinajstić information content (AvgIpc) is 3.08. The average molecular weight is 398 g/mol. The molecule has 0 radical (unpaired) electrons. The summed E-state index contributed by atoms with van der Waals surface area (Å²) < 4.78 is 7.60. The summed E-state index contributed by atoms with van der Waals surface area (Å²) in [5.41, 5.74) is 0.907. The molecule has 2 atom stereocenters. The zero-order valence-electron chi connectivity index (χ0n) is 17.6. The van der Waals surface area contributed by atoms with E-state index in [1.807, 2.05) is 42.7 Å². The second-order valence-corrected chi connectivity index (χ2v) is 8.40. The highest BCUT2D eigenvalue weighted by molar-refractivity contribution is 6.24. The molecule has 1 saturated heterocycles. The Kier molecular flexibility index (Phi) is 4.80. The third-order valence-electron chi connectivity index (χ3n) is 5.56. The number of anilines is 1. The molecule has 154 valence electrons. The number of hydrogen-bond donors (Lipinski definition) is 0. The van der Waals surface area contributed by atoms with Crippen LogP contribution in [0.3, 0.4) is 0 Å². The van der Waals surface area contributed by atoms with Gasteiger partial charge in [-0.15, -0.1) is 0 Å². The summed E-state index contributed by atoms with van der Waals surface area (Å²) in [6.07, 6.45) is 0. The normalized spacial score (nSPS) is 24.2. The zero-order chi connectivity index (χ0) is 20.9. The highest BCUT2D eigenvalue weighted by Gasteiger charge is 2.55. The van der Waals surface area contributed by atoms with Gasteiger partial charge in [0.15, 0.2) is 5.75 Å². The molecule has 3 amide bonds. The highest BCUT2D eigenvalue weighted by atomic mass is 16.5. The number of fused-ring (bicyclic) bond motifs is 2. The van der Waals surface area contributed by atoms with Crippen molar-refractivity contribution in [2.75, 3.05) is 38.7 Å². The van der Waals surface area contributed by atoms with E-state index in [9.17, 15) is 9.59 Å². The third kappa shape index (κ3) is 3.07. The number of nitrogens with zero attached hydrogens (tertiary/aromatic N) is 5. The molecule has 0 spiro atoms. The van der Waals surface area contributed by atoms with Gasteiger partial charge in [0, 0.05) is 19.5 Å². The van der Waals surface area contributed by atoms with Gasteiger partial charge in [-0.1, -0.05) is 37.9 Å². The van der Waals surface area contributed by atoms with Crippen molar-refractivity contribution in [3.63, 3.8) is 0 Å². The summed E-state index contributed by atoms with van der Waals surface area (Å²) in [5.74, 6) is 2.28. The van der Waals surface area contributed by atoms with Crippen molar-refractivity contribution in [3.8, 4) is 5.75 Å². The number of amidine groups is 1. The van der Waals surface area contributed by atoms with Crippen molar-refractivity contribution in [1.82, 2.24) is 9.80 Å². The number of rotatable bonds is 4. The van der Waals surface area contributed by atoms with Crippen LogP contribution in [0.15, 0.2) is 29.3 Å². The Morgan fingerprint density at radius 3 is 2.69 bits per heavy atom. The summed E-state index contributed by atoms with van der Waals surface area (Å²) in [6.45, 7) is 8.04. The molecule has 8 heteroatoms. The van der Waals surface area contributed by atoms with Gasteiger partial charge in [-0.3, -0.25) is 14.6 Å². The summed E-state index contributed by atoms with van der Waals surface area (Å²) in [5, 5.41) is 0. The fraction of sp³-hybridized carbons (Fsp3) is 0.524. The van der Waals surface area contributed by atoms with E-state index in [1.165, 1.54) is 9.80 Å². The molecule has 2 unspecified atom stereocenters. The number of para-hydroxylation sites is 2. The van der Waals surface area contributed by atoms with Crippen molar-refractivity contribution < 1.29 is 18.9 Å². The Morgan fingerprint density at radius 1 is 1.28 bits per heavy atom. The SMILES string of the molecule is COc1ccccc1N1CC(C)C[N+]2=C1N=C1C2C(=O)N(CC(C)C)C(=O)N1C. The lowest BCUT2D eigenvalue weighted by Crippen LogP contribution is -2.64. The van der Waals surface area contributed by atoms with Gasteiger partial charge >= 0.3 is 12.0 Å². The number of urea groups is 1. The Morgan fingerprint density at radius 2 is 2.00 bits per heavy atom. The van der Waals surface area contributed by atoms with Crippen LogP contribution in [0, 0.1) is 11.8 Å². The van der Waals surface area contributed by atoms with E-state index >= 15 is 0 Å². The quantitative estimate of drug-likeness (QED) is 0.726. The van der Waals surface area contributed by atoms with Gasteiger partial charge in [-0.2, -0.15) is 0 Å². The monoisotopic (exact) mass is 398 g/mol. The molecule has 29 heavy (non-hydrogen) atoms. The molecule has 3 aliphatic rings. The topological polar surface area (TPSA) is 68.5 Å². The number of benzene rings is 1. The van der Waals surface area contributed by atoms with Crippen LogP contribution in [0.1, 0.15) is 20.8 Å². The number of likely N-dealkylation sites (N-methyl/N-ethyl adjacent to an activating group) is 1. The first-order chi connectivity index (χ1) is 13.8. The first kappa shape index (κ1) is 19.4. The van der Waals surface area contributed by atoms with Crippen molar-refractivity contribution in [1.29, 1.82) is 0 Å². The van der Waals surface area contributed by atoms with E-state index in [2.05, 4.69) is 11.8 Å². The second kappa shape index (κ2) is 7.17. The molecule has 1 aromatic rings. The number of hydrogen-bond acceptors (Lipinski definition) is 5. The van der Waals surface area contributed by atoms with E-state index in [-0.39, 0.29) is 17.9 Å². The van der Waals surface area contributed by atoms with Crippen LogP contribution in [-0.4, -0.2) is 77.9 Å². The van der Waals surface area contributed by atoms with Crippen molar-refractivity contribution in [2.24, 2.45) is 16.8 Å². The number of methoxy groups -OCH3 is 1. The first-order valence-electron chi connectivity index (χ1n) is 10.0. The number of aliphatic imine (C=N–C) groups is 1. The van der Waals surface area contributed by atoms with E-state index in [4.69, 9.17) is 9.73 Å². The van der Waals surface area contributed by atoms with Gasteiger partial charge in [0.25, 0.3) is 5.91 Å². The molecule has 3 heterocycles. The van der Waals surface area contributed by atoms with Crippen molar-refractivity contribution in [2.45, 2.75) is 26.8 Å². The predicted molar refractivity (Wildman–Crippen MR) is 111 cm³/mol. The first-order valence-corrected chi connectivity index (χ1v) is 10.0. The van der Waals surface area contributed by atoms with E-state index < -0.39 is 6.04 Å². The fourth-order valence-electron chi connectivity index (χ4n) is 4.29. The largest absolute Gasteiger partial charge is 0.493 e. The molecule has 4 rings (SSSR count). The molecule has 0 aliphatic carbocycles. The van der Waals surface area contributed by atoms with Crippen LogP contribution in [0.4, 0.5) is 10.5 Å². The molecule has 0 bridgehead atoms. The minimum Gasteiger partial charge on any atom is -0.493 e. The Labute approximate surface area is 171 Å². The predicted octanol–water partition coefficient (Wildman–Crippen LogP) is 1.85. The molecular weight excluding hydrogens is 370 g/mol. The lowest BCUT2D eigenvalue weighted by atomic mass is 10.1. The van der Waals surface area contributed by atoms with E-state index in [0.29, 0.717) is 30.8 Å². The van der Waals surface area contributed by atoms with Gasteiger partial charge in [-0.05, 0) is 18.1 Å². The minimum absolute atomic E-state index is 0.190. The van der Waals surface area contributed by atoms with Gasteiger partial charge in [0.1, 0.15) is 5.69 Å². The highest BCUT2D eigenvalue weighted by Crippen LogP contribution is 2.33. The van der Waals surface area contributed by atoms with Crippen LogP contribution >= 0.6 is 0 Å². The minimum atomic E-state index is -0.564. The Hall–Kier alpha value is -2.90. The van der Waals surface area contributed by atoms with Crippen molar-refractivity contribution in [3.05, 3.63) is 24.3 Å². The number of carbonyl (C=O) groups is 2. The summed E-state index contributed by atoms with van der Waals surface area (Å²) in [4.78, 5) is 35.9. The van der Waals surface area contributed by atoms with E-state index in [0.717, 1.165) is 18.0 Å². The molecule has 3 aliphatic heterocycles. The van der Waals surface area contributed by atoms with Crippen molar-refractivity contribution >= 4 is 29.4 Å². The van der Waals surface area contributed by atoms with Crippen LogP contribution < -0.4 is 9.64 Å². The van der Waals surface area contributed by atoms with Crippen LogP contribution in [-0.2, 0) is 4.79 Å². The molecule has 0 aromatic heterocycles. The smallest absolute Gasteiger partial charge is 0.397 e. The van der Waals surface area contributed by atoms with Gasteiger partial charge in [0.05, 0.1) is 20.2 Å². The number of carbonyl (C=O) groups excluding carboxylic acids is 2. The van der Waals surface area contributed by atoms with Crippen LogP contribution in [0.2, 0.25) is 0 Å². The third-order valence-corrected chi connectivity index (χ3v) is 5.56. The number of guanidine groups is 1. The molecule has 1 aromatic carbocycles. The van der Waals surface area contributed by atoms with E-state index in [1.54, 1.807) is 14.2 Å². The summed E-state index contributed by atoms with van der Waals surface area (Å²) in [6, 6.07) is 6.93. The molecule has 8 nitrogen and oxygen atoms in total. The second-order valence-electron chi connectivity index (χ2n) is 8.40. The lowest BCUT2D eigenvalue weighted by molar-refractivity contribution is -0.545. The standard InChI is InChI=1S/C21H28N5O3/c1-13(2)10-26-19(27)17-18(23(4)21(26)28)22-20-24(11-14(3)12-25(17)20)15-8-6-7-9-16(15)29-5/h6-9,13-14,17H,10-12H2,1-5H3/q+1. The fourth-order valence-corrected chi connectivity index (χ4v) is 4.29. The van der Waals surface area contributed by atoms with Gasteiger partial charge in [0.2, 0.25) is 11.9 Å². The molecular formula is C21H28N5O3+. The lowest BCUT2D eigenvalue weighted by Gasteiger charge is -2.36. The number of amides is 3. The van der Waals surface area contributed by atoms with Gasteiger partial charge in [-0.25, -0.2) is 14.3 Å². The Balaban J connectivity index is 1.80. The summed E-state index contributed by atoms with van der Waals surface area (Å²) >= 11 is 0. The number of ether oxygens (including phenoxy) is 1. The van der Waals surface area contributed by atoms with Crippen LogP contribution in [0.25, 0.3) is 0 Å². The molecule has 0 N–H and O–H groups in total. The maximum absolute atomic E-state index is 13.3. The molecule has 1 fully saturated rings. The van der Waals surface area contributed by atoms with Gasteiger partial charge < -0.3 is 4.74 Å². The summed E-state index contributed by atoms with van der Waals surface area (Å²) in [7, 11) is 3.35. The molecule has 0 saturated carbocycles. The maximum atomic E-state index is 13.3.